The van der Waals surface area contributed by atoms with E-state index in [1.54, 1.807) is 0 Å². The molecular weight excluding hydrogens is 176 g/mol. The first-order chi connectivity index (χ1) is 6.77. The van der Waals surface area contributed by atoms with Crippen LogP contribution in [0.15, 0.2) is 24.3 Å². The van der Waals surface area contributed by atoms with E-state index in [-0.39, 0.29) is 11.8 Å². The van der Waals surface area contributed by atoms with Crippen LogP contribution in [0.3, 0.4) is 0 Å². The Morgan fingerprint density at radius 1 is 1.21 bits per heavy atom. The van der Waals surface area contributed by atoms with Crippen molar-refractivity contribution in [2.45, 2.75) is 24.7 Å². The third kappa shape index (κ3) is 0.884. The van der Waals surface area contributed by atoms with Gasteiger partial charge in [-0.2, -0.15) is 0 Å². The van der Waals surface area contributed by atoms with E-state index in [1.165, 1.54) is 11.1 Å². The molecule has 0 aliphatic heterocycles. The predicted octanol–water partition coefficient (Wildman–Crippen LogP) is 2.36. The Labute approximate surface area is 82.6 Å². The van der Waals surface area contributed by atoms with E-state index in [4.69, 9.17) is 5.11 Å². The molecule has 1 saturated carbocycles. The number of fused-ring (bicyclic) bond motifs is 5. The summed E-state index contributed by atoms with van der Waals surface area (Å²) in [5.74, 6) is 0.0490. The third-order valence-corrected chi connectivity index (χ3v) is 3.72. The fourth-order valence-electron chi connectivity index (χ4n) is 3.13. The van der Waals surface area contributed by atoms with E-state index < -0.39 is 5.97 Å². The van der Waals surface area contributed by atoms with Gasteiger partial charge in [0.2, 0.25) is 0 Å². The number of carbonyl (C=O) groups is 1. The van der Waals surface area contributed by atoms with Gasteiger partial charge in [0.1, 0.15) is 0 Å². The topological polar surface area (TPSA) is 37.3 Å². The first-order valence-electron chi connectivity index (χ1n) is 5.09. The highest BCUT2D eigenvalue weighted by molar-refractivity contribution is 5.73. The van der Waals surface area contributed by atoms with Crippen molar-refractivity contribution in [3.8, 4) is 0 Å². The molecular formula is C12H12O2. The summed E-state index contributed by atoms with van der Waals surface area (Å²) in [6, 6.07) is 8.31. The molecule has 1 aromatic rings. The Morgan fingerprint density at radius 2 is 1.93 bits per heavy atom. The van der Waals surface area contributed by atoms with Gasteiger partial charge in [-0.25, -0.2) is 0 Å². The van der Waals surface area contributed by atoms with Crippen LogP contribution in [0.5, 0.6) is 0 Å². The molecule has 3 rings (SSSR count). The molecule has 1 aromatic carbocycles. The number of rotatable bonds is 1. The van der Waals surface area contributed by atoms with Crippen molar-refractivity contribution < 1.29 is 9.90 Å². The van der Waals surface area contributed by atoms with Gasteiger partial charge in [0, 0.05) is 0 Å². The number of hydrogen-bond donors (Lipinski definition) is 1. The van der Waals surface area contributed by atoms with Crippen molar-refractivity contribution >= 4 is 5.97 Å². The number of carboxylic acid groups (broad SMARTS) is 1. The van der Waals surface area contributed by atoms with Gasteiger partial charge in [0.25, 0.3) is 0 Å². The highest BCUT2D eigenvalue weighted by atomic mass is 16.4. The van der Waals surface area contributed by atoms with Crippen LogP contribution in [0.25, 0.3) is 0 Å². The second kappa shape index (κ2) is 2.59. The van der Waals surface area contributed by atoms with Crippen molar-refractivity contribution in [3.05, 3.63) is 35.4 Å². The Morgan fingerprint density at radius 3 is 2.64 bits per heavy atom. The van der Waals surface area contributed by atoms with Crippen LogP contribution in [0.2, 0.25) is 0 Å². The molecule has 0 amide bonds. The number of benzene rings is 1. The minimum absolute atomic E-state index is 0.130. The van der Waals surface area contributed by atoms with Crippen LogP contribution in [0.1, 0.15) is 35.8 Å². The van der Waals surface area contributed by atoms with Gasteiger partial charge in [-0.15, -0.1) is 0 Å². The molecule has 14 heavy (non-hydrogen) atoms. The zero-order chi connectivity index (χ0) is 9.71. The van der Waals surface area contributed by atoms with Crippen LogP contribution >= 0.6 is 0 Å². The largest absolute Gasteiger partial charge is 0.481 e. The second-order valence-corrected chi connectivity index (χ2v) is 4.35. The van der Waals surface area contributed by atoms with Crippen LogP contribution in [0.4, 0.5) is 0 Å². The van der Waals surface area contributed by atoms with E-state index in [2.05, 4.69) is 18.2 Å². The Kier molecular flexibility index (Phi) is 1.49. The molecule has 3 unspecified atom stereocenters. The molecule has 0 saturated heterocycles. The maximum absolute atomic E-state index is 11.0. The maximum Gasteiger partial charge on any atom is 0.307 e. The standard InChI is InChI=1S/C12H12O2/c13-12(14)11-6-7-5-10(11)9-4-2-1-3-8(7)9/h1-4,7,10-11H,5-6H2,(H,13,14). The van der Waals surface area contributed by atoms with E-state index in [0.29, 0.717) is 5.92 Å². The zero-order valence-electron chi connectivity index (χ0n) is 7.81. The molecule has 1 fully saturated rings. The van der Waals surface area contributed by atoms with Crippen LogP contribution < -0.4 is 0 Å². The molecule has 1 N–H and O–H groups in total. The van der Waals surface area contributed by atoms with E-state index >= 15 is 0 Å². The number of aliphatic carboxylic acids is 1. The summed E-state index contributed by atoms with van der Waals surface area (Å²) >= 11 is 0. The zero-order valence-corrected chi connectivity index (χ0v) is 7.81. The summed E-state index contributed by atoms with van der Waals surface area (Å²) in [5, 5.41) is 9.06. The predicted molar refractivity (Wildman–Crippen MR) is 52.3 cm³/mol. The maximum atomic E-state index is 11.0. The number of carboxylic acids is 1. The summed E-state index contributed by atoms with van der Waals surface area (Å²) in [6.07, 6.45) is 1.90. The van der Waals surface area contributed by atoms with Gasteiger partial charge >= 0.3 is 5.97 Å². The third-order valence-electron chi connectivity index (χ3n) is 3.72. The van der Waals surface area contributed by atoms with Crippen molar-refractivity contribution in [2.75, 3.05) is 0 Å². The first-order valence-corrected chi connectivity index (χ1v) is 5.09. The van der Waals surface area contributed by atoms with Crippen LogP contribution in [-0.4, -0.2) is 11.1 Å². The van der Waals surface area contributed by atoms with Crippen molar-refractivity contribution in [1.29, 1.82) is 0 Å². The normalized spacial score (nSPS) is 33.0. The Balaban J connectivity index is 2.06. The molecule has 0 heterocycles. The summed E-state index contributed by atoms with van der Waals surface area (Å²) in [6.45, 7) is 0. The highest BCUT2D eigenvalue weighted by Crippen LogP contribution is 2.55. The molecule has 0 spiro atoms. The highest BCUT2D eigenvalue weighted by Gasteiger charge is 2.46. The first kappa shape index (κ1) is 8.04. The summed E-state index contributed by atoms with van der Waals surface area (Å²) < 4.78 is 0. The van der Waals surface area contributed by atoms with Gasteiger partial charge in [-0.1, -0.05) is 24.3 Å². The lowest BCUT2D eigenvalue weighted by Gasteiger charge is -2.20. The lowest BCUT2D eigenvalue weighted by molar-refractivity contribution is -0.142. The summed E-state index contributed by atoms with van der Waals surface area (Å²) in [7, 11) is 0. The van der Waals surface area contributed by atoms with Crippen molar-refractivity contribution in [1.82, 2.24) is 0 Å². The minimum atomic E-state index is -0.619. The van der Waals surface area contributed by atoms with Gasteiger partial charge in [0.15, 0.2) is 0 Å². The fraction of sp³-hybridized carbons (Fsp3) is 0.417. The molecule has 72 valence electrons. The lowest BCUT2D eigenvalue weighted by Crippen LogP contribution is -2.19. The van der Waals surface area contributed by atoms with Crippen molar-refractivity contribution in [3.63, 3.8) is 0 Å². The Bertz CT molecular complexity index is 397. The molecule has 0 aromatic heterocycles. The summed E-state index contributed by atoms with van der Waals surface area (Å²) in [4.78, 5) is 11.0. The number of hydrogen-bond acceptors (Lipinski definition) is 1. The minimum Gasteiger partial charge on any atom is -0.481 e. The monoisotopic (exact) mass is 188 g/mol. The molecule has 2 aliphatic rings. The van der Waals surface area contributed by atoms with E-state index in [9.17, 15) is 4.79 Å². The molecule has 2 nitrogen and oxygen atoms in total. The molecule has 0 radical (unpaired) electrons. The molecule has 2 bridgehead atoms. The second-order valence-electron chi connectivity index (χ2n) is 4.35. The van der Waals surface area contributed by atoms with Gasteiger partial charge in [0.05, 0.1) is 5.92 Å². The fourth-order valence-corrected chi connectivity index (χ4v) is 3.13. The smallest absolute Gasteiger partial charge is 0.307 e. The van der Waals surface area contributed by atoms with E-state index in [0.717, 1.165) is 12.8 Å². The van der Waals surface area contributed by atoms with Crippen LogP contribution in [0, 0.1) is 5.92 Å². The summed E-state index contributed by atoms with van der Waals surface area (Å²) in [5.41, 5.74) is 2.69. The lowest BCUT2D eigenvalue weighted by atomic mass is 9.84. The van der Waals surface area contributed by atoms with E-state index in [1.807, 2.05) is 6.07 Å². The van der Waals surface area contributed by atoms with Gasteiger partial charge in [-0.05, 0) is 35.8 Å². The van der Waals surface area contributed by atoms with Crippen LogP contribution in [-0.2, 0) is 4.79 Å². The Hall–Kier alpha value is -1.31. The van der Waals surface area contributed by atoms with Crippen molar-refractivity contribution in [2.24, 2.45) is 5.92 Å². The molecule has 2 heteroatoms. The quantitative estimate of drug-likeness (QED) is 0.734. The average molecular weight is 188 g/mol. The molecule has 3 atom stereocenters. The van der Waals surface area contributed by atoms with Gasteiger partial charge < -0.3 is 5.11 Å². The SMILES string of the molecule is O=C(O)C1CC2CC1c1ccccc12. The average Bonchev–Trinajstić information content (AvgIpc) is 2.75. The van der Waals surface area contributed by atoms with Gasteiger partial charge in [-0.3, -0.25) is 4.79 Å². The molecule has 2 aliphatic carbocycles.